The molecule has 1 saturated carbocycles. The van der Waals surface area contributed by atoms with E-state index in [1.54, 1.807) is 6.07 Å². The van der Waals surface area contributed by atoms with Gasteiger partial charge in [0.15, 0.2) is 0 Å². The second-order valence-corrected chi connectivity index (χ2v) is 6.05. The third kappa shape index (κ3) is 1.94. The van der Waals surface area contributed by atoms with E-state index in [-0.39, 0.29) is 5.41 Å². The lowest BCUT2D eigenvalue weighted by molar-refractivity contribution is 0.174. The summed E-state index contributed by atoms with van der Waals surface area (Å²) in [6.45, 7) is 0.786. The molecule has 0 saturated heterocycles. The molecule has 3 heteroatoms. The average molecular weight is 271 g/mol. The Kier molecular flexibility index (Phi) is 3.00. The van der Waals surface area contributed by atoms with E-state index in [0.29, 0.717) is 5.02 Å². The van der Waals surface area contributed by atoms with E-state index >= 15 is 0 Å². The van der Waals surface area contributed by atoms with Crippen LogP contribution in [0.1, 0.15) is 44.1 Å². The highest BCUT2D eigenvalue weighted by Crippen LogP contribution is 2.50. The monoisotopic (exact) mass is 270 g/mol. The van der Waals surface area contributed by atoms with Gasteiger partial charge in [0, 0.05) is 16.0 Å². The minimum Gasteiger partial charge on any atom is -0.492 e. The van der Waals surface area contributed by atoms with Gasteiger partial charge in [-0.05, 0) is 31.4 Å². The topological polar surface area (TPSA) is 9.23 Å². The molecule has 1 spiro atoms. The van der Waals surface area contributed by atoms with Gasteiger partial charge >= 0.3 is 0 Å². The Morgan fingerprint density at radius 1 is 1.00 bits per heavy atom. The molecule has 0 radical (unpaired) electrons. The number of fused-ring (bicyclic) bond motifs is 2. The van der Waals surface area contributed by atoms with Crippen LogP contribution in [0.25, 0.3) is 0 Å². The van der Waals surface area contributed by atoms with Crippen LogP contribution in [0.5, 0.6) is 5.75 Å². The first-order chi connectivity index (χ1) is 8.21. The third-order valence-electron chi connectivity index (χ3n) is 4.22. The first-order valence-corrected chi connectivity index (χ1v) is 7.09. The minimum atomic E-state index is 0.278. The van der Waals surface area contributed by atoms with Crippen LogP contribution in [0, 0.1) is 0 Å². The van der Waals surface area contributed by atoms with Crippen molar-refractivity contribution in [2.75, 3.05) is 6.61 Å². The van der Waals surface area contributed by atoms with Crippen molar-refractivity contribution in [1.82, 2.24) is 0 Å². The van der Waals surface area contributed by atoms with Crippen LogP contribution in [0.4, 0.5) is 0 Å². The second-order valence-electron chi connectivity index (χ2n) is 5.20. The molecule has 0 N–H and O–H groups in total. The summed E-state index contributed by atoms with van der Waals surface area (Å²) in [5.74, 6) is 0.879. The maximum atomic E-state index is 6.24. The molecule has 1 aliphatic heterocycles. The quantitative estimate of drug-likeness (QED) is 0.646. The van der Waals surface area contributed by atoms with Gasteiger partial charge in [0.1, 0.15) is 5.75 Å². The highest BCUT2D eigenvalue weighted by molar-refractivity contribution is 6.35. The molecule has 0 atom stereocenters. The average Bonchev–Trinajstić information content (AvgIpc) is 2.32. The molecule has 0 bridgehead atoms. The fraction of sp³-hybridized carbons (Fsp3) is 0.571. The predicted molar refractivity (Wildman–Crippen MR) is 71.3 cm³/mol. The van der Waals surface area contributed by atoms with E-state index in [1.165, 1.54) is 37.7 Å². The zero-order valence-electron chi connectivity index (χ0n) is 9.77. The zero-order valence-corrected chi connectivity index (χ0v) is 11.3. The van der Waals surface area contributed by atoms with E-state index in [4.69, 9.17) is 27.9 Å². The van der Waals surface area contributed by atoms with Crippen molar-refractivity contribution < 1.29 is 4.74 Å². The van der Waals surface area contributed by atoms with E-state index in [1.807, 2.05) is 0 Å². The lowest BCUT2D eigenvalue weighted by Gasteiger charge is -2.42. The van der Waals surface area contributed by atoms with E-state index in [0.717, 1.165) is 23.8 Å². The summed E-state index contributed by atoms with van der Waals surface area (Å²) in [6.07, 6.45) is 7.58. The van der Waals surface area contributed by atoms with Crippen molar-refractivity contribution in [3.63, 3.8) is 0 Å². The Hall–Kier alpha value is -0.400. The Balaban J connectivity index is 2.12. The van der Waals surface area contributed by atoms with E-state index in [9.17, 15) is 0 Å². The van der Waals surface area contributed by atoms with Crippen LogP contribution in [0.2, 0.25) is 10.0 Å². The summed E-state index contributed by atoms with van der Waals surface area (Å²) in [5, 5.41) is 1.39. The van der Waals surface area contributed by atoms with Crippen LogP contribution < -0.4 is 4.74 Å². The molecule has 1 aliphatic carbocycles. The summed E-state index contributed by atoms with van der Waals surface area (Å²) in [6, 6.07) is 3.84. The van der Waals surface area contributed by atoms with Gasteiger partial charge < -0.3 is 4.74 Å². The van der Waals surface area contributed by atoms with Gasteiger partial charge in [0.2, 0.25) is 0 Å². The maximum Gasteiger partial charge on any atom is 0.141 e. The predicted octanol–water partition coefficient (Wildman–Crippen LogP) is 4.98. The van der Waals surface area contributed by atoms with E-state index in [2.05, 4.69) is 6.07 Å². The standard InChI is InChI=1S/C14H16Cl2O/c15-10-8-11-13(12(16)9-10)17-7-6-14(11)4-2-1-3-5-14/h8-9H,1-7H2. The van der Waals surface area contributed by atoms with Gasteiger partial charge in [-0.3, -0.25) is 0 Å². The molecular weight excluding hydrogens is 255 g/mol. The van der Waals surface area contributed by atoms with Gasteiger partial charge in [0.05, 0.1) is 11.6 Å². The molecule has 2 aliphatic rings. The molecule has 0 aromatic heterocycles. The Morgan fingerprint density at radius 3 is 2.53 bits per heavy atom. The first kappa shape index (κ1) is 11.7. The van der Waals surface area contributed by atoms with Gasteiger partial charge in [-0.2, -0.15) is 0 Å². The Morgan fingerprint density at radius 2 is 1.76 bits per heavy atom. The molecule has 0 amide bonds. The molecule has 0 unspecified atom stereocenters. The lowest BCUT2D eigenvalue weighted by atomic mass is 9.66. The van der Waals surface area contributed by atoms with Gasteiger partial charge in [-0.25, -0.2) is 0 Å². The Bertz CT molecular complexity index is 436. The smallest absolute Gasteiger partial charge is 0.141 e. The number of halogens is 2. The van der Waals surface area contributed by atoms with Crippen molar-refractivity contribution in [3.05, 3.63) is 27.7 Å². The van der Waals surface area contributed by atoms with Crippen LogP contribution in [0.15, 0.2) is 12.1 Å². The van der Waals surface area contributed by atoms with Crippen LogP contribution in [-0.2, 0) is 5.41 Å². The van der Waals surface area contributed by atoms with Crippen molar-refractivity contribution in [2.24, 2.45) is 0 Å². The highest BCUT2D eigenvalue weighted by atomic mass is 35.5. The molecule has 1 aromatic rings. The van der Waals surface area contributed by atoms with Crippen molar-refractivity contribution in [3.8, 4) is 5.75 Å². The maximum absolute atomic E-state index is 6.24. The molecule has 1 heterocycles. The fourth-order valence-electron chi connectivity index (χ4n) is 3.33. The van der Waals surface area contributed by atoms with Crippen molar-refractivity contribution in [2.45, 2.75) is 43.9 Å². The van der Waals surface area contributed by atoms with Crippen molar-refractivity contribution >= 4 is 23.2 Å². The normalized spacial score (nSPS) is 22.0. The van der Waals surface area contributed by atoms with Crippen molar-refractivity contribution in [1.29, 1.82) is 0 Å². The van der Waals surface area contributed by atoms with Gasteiger partial charge in [0.25, 0.3) is 0 Å². The SMILES string of the molecule is Clc1cc(Cl)c2c(c1)C1(CCCCC1)CCO2. The first-order valence-electron chi connectivity index (χ1n) is 6.34. The zero-order chi connectivity index (χ0) is 11.9. The number of hydrogen-bond acceptors (Lipinski definition) is 1. The summed E-state index contributed by atoms with van der Waals surface area (Å²) >= 11 is 12.4. The minimum absolute atomic E-state index is 0.278. The molecule has 1 aromatic carbocycles. The molecule has 1 nitrogen and oxygen atoms in total. The molecule has 3 rings (SSSR count). The van der Waals surface area contributed by atoms with Crippen LogP contribution in [-0.4, -0.2) is 6.61 Å². The molecule has 17 heavy (non-hydrogen) atoms. The van der Waals surface area contributed by atoms with Crippen LogP contribution in [0.3, 0.4) is 0 Å². The third-order valence-corrected chi connectivity index (χ3v) is 4.72. The number of benzene rings is 1. The molecule has 92 valence electrons. The second kappa shape index (κ2) is 4.37. The number of hydrogen-bond donors (Lipinski definition) is 0. The molecule has 1 fully saturated rings. The highest BCUT2D eigenvalue weighted by Gasteiger charge is 2.39. The summed E-state index contributed by atoms with van der Waals surface area (Å²) < 4.78 is 5.75. The van der Waals surface area contributed by atoms with E-state index < -0.39 is 0 Å². The van der Waals surface area contributed by atoms with Gasteiger partial charge in [-0.1, -0.05) is 42.5 Å². The summed E-state index contributed by atoms with van der Waals surface area (Å²) in [5.41, 5.74) is 1.53. The van der Waals surface area contributed by atoms with Crippen LogP contribution >= 0.6 is 23.2 Å². The number of rotatable bonds is 0. The summed E-state index contributed by atoms with van der Waals surface area (Å²) in [7, 11) is 0. The summed E-state index contributed by atoms with van der Waals surface area (Å²) in [4.78, 5) is 0. The Labute approximate surface area is 112 Å². The van der Waals surface area contributed by atoms with Gasteiger partial charge in [-0.15, -0.1) is 0 Å². The molecular formula is C14H16Cl2O. The lowest BCUT2D eigenvalue weighted by Crippen LogP contribution is -2.35. The fourth-order valence-corrected chi connectivity index (χ4v) is 3.88. The number of ether oxygens (including phenoxy) is 1. The largest absolute Gasteiger partial charge is 0.492 e.